The van der Waals surface area contributed by atoms with Crippen molar-refractivity contribution in [2.45, 2.75) is 12.5 Å². The molecule has 148 valence electrons. The van der Waals surface area contributed by atoms with Gasteiger partial charge in [-0.25, -0.2) is 18.1 Å². The van der Waals surface area contributed by atoms with Gasteiger partial charge in [0, 0.05) is 12.6 Å². The third-order valence-electron chi connectivity index (χ3n) is 4.41. The van der Waals surface area contributed by atoms with Gasteiger partial charge in [0.1, 0.15) is 28.1 Å². The highest BCUT2D eigenvalue weighted by Gasteiger charge is 2.41. The second-order valence-corrected chi connectivity index (χ2v) is 9.71. The van der Waals surface area contributed by atoms with E-state index in [1.165, 1.54) is 43.5 Å². The third kappa shape index (κ3) is 3.74. The van der Waals surface area contributed by atoms with Gasteiger partial charge >= 0.3 is 0 Å². The average molecular weight is 424 g/mol. The van der Waals surface area contributed by atoms with Gasteiger partial charge in [-0.15, -0.1) is 22.1 Å². The van der Waals surface area contributed by atoms with Gasteiger partial charge < -0.3 is 5.73 Å². The van der Waals surface area contributed by atoms with Crippen molar-refractivity contribution in [2.24, 2.45) is 10.7 Å². The largest absolute Gasteiger partial charge is 0.369 e. The summed E-state index contributed by atoms with van der Waals surface area (Å²) in [6.45, 7) is 1.54. The Morgan fingerprint density at radius 3 is 2.75 bits per heavy atom. The second-order valence-electron chi connectivity index (χ2n) is 6.53. The molecular formula is C18H18F2N4O2S2. The SMILES string of the molecule is CN1C(N)=N[C@](C)(c2cc(/C=C(\F)c3ccc(C#N)s3)ccc2F)CS1(O)O. The average Bonchev–Trinajstić information content (AvgIpc) is 3.10. The molecule has 0 fully saturated rings. The van der Waals surface area contributed by atoms with E-state index in [4.69, 9.17) is 11.0 Å². The van der Waals surface area contributed by atoms with Gasteiger partial charge in [-0.05, 0) is 42.8 Å². The maximum absolute atomic E-state index is 14.6. The summed E-state index contributed by atoms with van der Waals surface area (Å²) in [4.78, 5) is 4.91. The number of benzene rings is 1. The number of rotatable bonds is 3. The van der Waals surface area contributed by atoms with Crippen molar-refractivity contribution in [3.63, 3.8) is 0 Å². The third-order valence-corrected chi connectivity index (χ3v) is 7.42. The smallest absolute Gasteiger partial charge is 0.210 e. The van der Waals surface area contributed by atoms with E-state index in [0.717, 1.165) is 15.6 Å². The Morgan fingerprint density at radius 2 is 2.14 bits per heavy atom. The molecule has 2 aromatic rings. The quantitative estimate of drug-likeness (QED) is 0.679. The van der Waals surface area contributed by atoms with Crippen molar-refractivity contribution in [2.75, 3.05) is 12.8 Å². The molecule has 1 aliphatic rings. The van der Waals surface area contributed by atoms with Crippen LogP contribution in [0, 0.1) is 17.1 Å². The van der Waals surface area contributed by atoms with E-state index in [0.29, 0.717) is 10.4 Å². The van der Waals surface area contributed by atoms with E-state index in [2.05, 4.69) is 4.99 Å². The molecular weight excluding hydrogens is 406 g/mol. The molecule has 1 aromatic heterocycles. The molecule has 2 heterocycles. The molecule has 1 atom stereocenters. The van der Waals surface area contributed by atoms with Crippen LogP contribution in [0.25, 0.3) is 11.9 Å². The monoisotopic (exact) mass is 424 g/mol. The molecule has 28 heavy (non-hydrogen) atoms. The molecule has 0 aliphatic carbocycles. The van der Waals surface area contributed by atoms with Gasteiger partial charge in [0.25, 0.3) is 0 Å². The summed E-state index contributed by atoms with van der Waals surface area (Å²) in [7, 11) is -1.87. The van der Waals surface area contributed by atoms with Crippen molar-refractivity contribution < 1.29 is 17.9 Å². The summed E-state index contributed by atoms with van der Waals surface area (Å²) in [6, 6.07) is 8.95. The Bertz CT molecular complexity index is 1030. The summed E-state index contributed by atoms with van der Waals surface area (Å²) in [5.74, 6) is -1.55. The summed E-state index contributed by atoms with van der Waals surface area (Å²) >= 11 is 1.01. The van der Waals surface area contributed by atoms with Crippen molar-refractivity contribution >= 4 is 40.0 Å². The van der Waals surface area contributed by atoms with Crippen molar-refractivity contribution in [1.82, 2.24) is 4.31 Å². The van der Waals surface area contributed by atoms with E-state index in [9.17, 15) is 17.9 Å². The van der Waals surface area contributed by atoms with Crippen molar-refractivity contribution in [1.29, 1.82) is 5.26 Å². The molecule has 0 radical (unpaired) electrons. The highest BCUT2D eigenvalue weighted by atomic mass is 32.3. The van der Waals surface area contributed by atoms with E-state index in [1.807, 2.05) is 6.07 Å². The minimum atomic E-state index is -3.27. The van der Waals surface area contributed by atoms with Crippen LogP contribution in [0.3, 0.4) is 0 Å². The zero-order valence-electron chi connectivity index (χ0n) is 15.1. The summed E-state index contributed by atoms with van der Waals surface area (Å²) in [6.07, 6.45) is 1.22. The molecule has 10 heteroatoms. The number of nitrogens with zero attached hydrogens (tertiary/aromatic N) is 3. The van der Waals surface area contributed by atoms with E-state index in [-0.39, 0.29) is 22.2 Å². The van der Waals surface area contributed by atoms with E-state index >= 15 is 0 Å². The van der Waals surface area contributed by atoms with Gasteiger partial charge in [-0.3, -0.25) is 9.11 Å². The molecule has 0 saturated carbocycles. The number of nitriles is 1. The topological polar surface area (TPSA) is 106 Å². The molecule has 0 unspecified atom stereocenters. The minimum Gasteiger partial charge on any atom is -0.369 e. The Morgan fingerprint density at radius 1 is 1.43 bits per heavy atom. The highest BCUT2D eigenvalue weighted by Crippen LogP contribution is 2.51. The fraction of sp³-hybridized carbons (Fsp3) is 0.222. The maximum atomic E-state index is 14.6. The van der Waals surface area contributed by atoms with E-state index in [1.54, 1.807) is 6.92 Å². The van der Waals surface area contributed by atoms with E-state index < -0.39 is 28.0 Å². The van der Waals surface area contributed by atoms with Gasteiger partial charge in [0.05, 0.1) is 10.6 Å². The number of guanidine groups is 1. The fourth-order valence-electron chi connectivity index (χ4n) is 2.91. The Kier molecular flexibility index (Phi) is 5.20. The van der Waals surface area contributed by atoms with Crippen LogP contribution in [-0.4, -0.2) is 32.2 Å². The molecule has 6 nitrogen and oxygen atoms in total. The molecule has 1 aromatic carbocycles. The molecule has 0 spiro atoms. The van der Waals surface area contributed by atoms with Crippen molar-refractivity contribution in [3.8, 4) is 6.07 Å². The second kappa shape index (κ2) is 7.18. The fourth-order valence-corrected chi connectivity index (χ4v) is 5.13. The van der Waals surface area contributed by atoms with Crippen LogP contribution >= 0.6 is 22.1 Å². The number of nitrogens with two attached hydrogens (primary N) is 1. The molecule has 0 saturated heterocycles. The first kappa shape index (κ1) is 20.3. The predicted octanol–water partition coefficient (Wildman–Crippen LogP) is 4.37. The Labute approximate surface area is 166 Å². The van der Waals surface area contributed by atoms with Crippen LogP contribution in [0.4, 0.5) is 8.78 Å². The first-order chi connectivity index (χ1) is 13.1. The zero-order valence-corrected chi connectivity index (χ0v) is 16.7. The standard InChI is InChI=1S/C18H18F2N4O2S2/c1-18(10-28(25,26)24(2)17(22)23-18)13-7-11(3-5-14(13)19)8-15(20)16-6-4-12(9-21)27-16/h3-8,25-26H,10H2,1-2H3,(H2,22,23)/b15-8-/t18-/m0/s1. The zero-order chi connectivity index (χ0) is 20.7. The lowest BCUT2D eigenvalue weighted by molar-refractivity contribution is 0.391. The van der Waals surface area contributed by atoms with Gasteiger partial charge in [0.15, 0.2) is 0 Å². The van der Waals surface area contributed by atoms with Gasteiger partial charge in [-0.2, -0.15) is 5.26 Å². The number of aliphatic imine (C=N–C) groups is 1. The van der Waals surface area contributed by atoms with Gasteiger partial charge in [-0.1, -0.05) is 6.07 Å². The molecule has 0 bridgehead atoms. The minimum absolute atomic E-state index is 0.0777. The molecule has 4 N–H and O–H groups in total. The number of halogens is 2. The number of hydrogen-bond acceptors (Lipinski definition) is 7. The molecule has 3 rings (SSSR count). The first-order valence-corrected chi connectivity index (χ1v) is 10.6. The number of hydrogen-bond donors (Lipinski definition) is 3. The lowest BCUT2D eigenvalue weighted by Crippen LogP contribution is -2.47. The normalized spacial score (nSPS) is 23.1. The lowest BCUT2D eigenvalue weighted by Gasteiger charge is -2.49. The lowest BCUT2D eigenvalue weighted by atomic mass is 9.92. The van der Waals surface area contributed by atoms with Crippen LogP contribution in [0.1, 0.15) is 27.8 Å². The summed E-state index contributed by atoms with van der Waals surface area (Å²) in [5, 5.41) is 8.86. The van der Waals surface area contributed by atoms with Gasteiger partial charge in [0.2, 0.25) is 5.96 Å². The summed E-state index contributed by atoms with van der Waals surface area (Å²) < 4.78 is 50.7. The molecule has 0 amide bonds. The predicted molar refractivity (Wildman–Crippen MR) is 109 cm³/mol. The summed E-state index contributed by atoms with van der Waals surface area (Å²) in [5.41, 5.74) is 4.91. The van der Waals surface area contributed by atoms with Crippen LogP contribution in [0.15, 0.2) is 35.3 Å². The van der Waals surface area contributed by atoms with Crippen LogP contribution in [0.5, 0.6) is 0 Å². The van der Waals surface area contributed by atoms with Crippen molar-refractivity contribution in [3.05, 3.63) is 57.0 Å². The number of thiophene rings is 1. The maximum Gasteiger partial charge on any atom is 0.210 e. The first-order valence-electron chi connectivity index (χ1n) is 8.08. The van der Waals surface area contributed by atoms with Crippen LogP contribution in [0.2, 0.25) is 0 Å². The Balaban J connectivity index is 2.03. The van der Waals surface area contributed by atoms with Crippen LogP contribution in [-0.2, 0) is 5.54 Å². The highest BCUT2D eigenvalue weighted by molar-refractivity contribution is 8.22. The van der Waals surface area contributed by atoms with Crippen LogP contribution < -0.4 is 5.73 Å². The molecule has 1 aliphatic heterocycles. The Hall–Kier alpha value is -2.45.